The highest BCUT2D eigenvalue weighted by atomic mass is 28.3. The summed E-state index contributed by atoms with van der Waals surface area (Å²) in [6, 6.07) is 10.1. The summed E-state index contributed by atoms with van der Waals surface area (Å²) < 4.78 is 9.98. The Labute approximate surface area is 196 Å². The molecule has 0 radical (unpaired) electrons. The highest BCUT2D eigenvalue weighted by molar-refractivity contribution is 6.85. The molecule has 3 rings (SSSR count). The second kappa shape index (κ2) is 7.81. The third kappa shape index (κ3) is 3.80. The molecule has 2 fully saturated rings. The van der Waals surface area contributed by atoms with Crippen molar-refractivity contribution in [1.82, 2.24) is 9.13 Å². The summed E-state index contributed by atoms with van der Waals surface area (Å²) in [5.74, 6) is 0.0264. The van der Waals surface area contributed by atoms with Crippen LogP contribution in [-0.4, -0.2) is 49.2 Å². The van der Waals surface area contributed by atoms with Crippen LogP contribution in [0.5, 0.6) is 0 Å². The van der Waals surface area contributed by atoms with Gasteiger partial charge >= 0.3 is 6.03 Å². The largest absolute Gasteiger partial charge is 0.373 e. The Kier molecular flexibility index (Phi) is 6.14. The normalized spacial score (nSPS) is 25.0. The summed E-state index contributed by atoms with van der Waals surface area (Å²) in [7, 11) is -4.66. The maximum atomic E-state index is 14.1. The molecule has 1 aliphatic carbocycles. The first-order chi connectivity index (χ1) is 14.5. The number of nitrogens with zero attached hydrogens (tertiary/aromatic N) is 2. The Morgan fingerprint density at radius 3 is 1.88 bits per heavy atom. The van der Waals surface area contributed by atoms with Crippen molar-refractivity contribution in [2.45, 2.75) is 109 Å². The van der Waals surface area contributed by atoms with Crippen molar-refractivity contribution in [2.75, 3.05) is 0 Å². The number of imide groups is 1. The van der Waals surface area contributed by atoms with Crippen LogP contribution in [0.2, 0.25) is 36.3 Å². The first kappa shape index (κ1) is 25.2. The number of amides is 3. The third-order valence-electron chi connectivity index (χ3n) is 8.66. The van der Waals surface area contributed by atoms with Crippen LogP contribution in [0.4, 0.5) is 4.79 Å². The molecule has 0 N–H and O–H groups in total. The van der Waals surface area contributed by atoms with Crippen molar-refractivity contribution in [3.05, 3.63) is 35.9 Å². The zero-order valence-electron chi connectivity index (χ0n) is 21.7. The predicted octanol–water partition coefficient (Wildman–Crippen LogP) is 6.38. The molecule has 1 spiro atoms. The fraction of sp³-hybridized carbons (Fsp3) is 0.680. The zero-order chi connectivity index (χ0) is 24.3. The Morgan fingerprint density at radius 1 is 0.906 bits per heavy atom. The monoisotopic (exact) mass is 474 g/mol. The van der Waals surface area contributed by atoms with Crippen LogP contribution < -0.4 is 0 Å². The van der Waals surface area contributed by atoms with E-state index in [4.69, 9.17) is 4.74 Å². The SMILES string of the molecule is CC(C)(C)[Si](C)(C)N1C(=O)N([Si](C)(C)C(C)(C)C)[C@]2(C[C@@H](OCc3ccccc3)C2)C1=O. The van der Waals surface area contributed by atoms with E-state index in [0.717, 1.165) is 5.56 Å². The van der Waals surface area contributed by atoms with Gasteiger partial charge in [0.05, 0.1) is 12.7 Å². The molecule has 178 valence electrons. The highest BCUT2D eigenvalue weighted by Gasteiger charge is 2.71. The molecule has 0 unspecified atom stereocenters. The molecule has 1 aromatic carbocycles. The zero-order valence-corrected chi connectivity index (χ0v) is 23.7. The fourth-order valence-corrected chi connectivity index (χ4v) is 9.23. The van der Waals surface area contributed by atoms with E-state index in [-0.39, 0.29) is 28.1 Å². The van der Waals surface area contributed by atoms with Crippen LogP contribution in [0.3, 0.4) is 0 Å². The van der Waals surface area contributed by atoms with Crippen molar-refractivity contribution < 1.29 is 14.3 Å². The Hall–Kier alpha value is -1.45. The Bertz CT molecular complexity index is 879. The van der Waals surface area contributed by atoms with Crippen molar-refractivity contribution in [1.29, 1.82) is 0 Å². The van der Waals surface area contributed by atoms with Gasteiger partial charge in [-0.15, -0.1) is 0 Å². The van der Waals surface area contributed by atoms with Crippen molar-refractivity contribution in [3.63, 3.8) is 0 Å². The predicted molar refractivity (Wildman–Crippen MR) is 135 cm³/mol. The number of benzene rings is 1. The second-order valence-electron chi connectivity index (χ2n) is 12.7. The number of carbonyl (C=O) groups excluding carboxylic acids is 2. The van der Waals surface area contributed by atoms with Crippen LogP contribution >= 0.6 is 0 Å². The Balaban J connectivity index is 1.94. The molecule has 0 aromatic heterocycles. The van der Waals surface area contributed by atoms with Gasteiger partial charge in [-0.2, -0.15) is 0 Å². The number of hydrogen-bond acceptors (Lipinski definition) is 3. The average Bonchev–Trinajstić information content (AvgIpc) is 2.85. The van der Waals surface area contributed by atoms with E-state index in [0.29, 0.717) is 19.4 Å². The van der Waals surface area contributed by atoms with Crippen LogP contribution in [0.1, 0.15) is 59.9 Å². The molecule has 1 saturated heterocycles. The number of urea groups is 1. The molecule has 7 heteroatoms. The van der Waals surface area contributed by atoms with Gasteiger partial charge in [-0.25, -0.2) is 4.79 Å². The van der Waals surface area contributed by atoms with Gasteiger partial charge in [-0.3, -0.25) is 9.36 Å². The minimum absolute atomic E-state index is 0.00131. The first-order valence-corrected chi connectivity index (χ1v) is 17.7. The van der Waals surface area contributed by atoms with Gasteiger partial charge in [0.25, 0.3) is 0 Å². The van der Waals surface area contributed by atoms with Gasteiger partial charge in [-0.05, 0) is 15.6 Å². The number of ether oxygens (including phenoxy) is 1. The lowest BCUT2D eigenvalue weighted by Crippen LogP contribution is -2.70. The molecular formula is C25H42N2O3Si2. The molecule has 5 nitrogen and oxygen atoms in total. The van der Waals surface area contributed by atoms with E-state index in [2.05, 4.69) is 84.4 Å². The maximum absolute atomic E-state index is 14.1. The Morgan fingerprint density at radius 2 is 1.41 bits per heavy atom. The maximum Gasteiger partial charge on any atom is 0.311 e. The molecule has 0 atom stereocenters. The van der Waals surface area contributed by atoms with Crippen LogP contribution in [0.25, 0.3) is 0 Å². The lowest BCUT2D eigenvalue weighted by atomic mass is 9.74. The van der Waals surface area contributed by atoms with Crippen LogP contribution in [0.15, 0.2) is 30.3 Å². The fourth-order valence-electron chi connectivity index (χ4n) is 4.57. The molecule has 1 saturated carbocycles. The lowest BCUT2D eigenvalue weighted by molar-refractivity contribution is -0.144. The van der Waals surface area contributed by atoms with Gasteiger partial charge in [0.1, 0.15) is 5.54 Å². The standard InChI is InChI=1S/C25H42N2O3Si2/c1-23(2,3)31(7,8)26-21(28)25(27(22(26)29)32(9,10)24(4,5)6)16-20(17-25)30-18-19-14-12-11-13-15-19/h11-15,20H,16-18H2,1-10H3/t20-,25+. The average molecular weight is 475 g/mol. The first-order valence-electron chi connectivity index (χ1n) is 11.8. The summed E-state index contributed by atoms with van der Waals surface area (Å²) in [6.45, 7) is 22.5. The molecule has 0 bridgehead atoms. The summed E-state index contributed by atoms with van der Waals surface area (Å²) in [4.78, 5) is 28.1. The van der Waals surface area contributed by atoms with Crippen molar-refractivity contribution >= 4 is 28.4 Å². The van der Waals surface area contributed by atoms with E-state index in [9.17, 15) is 9.59 Å². The van der Waals surface area contributed by atoms with Gasteiger partial charge in [0.15, 0.2) is 16.5 Å². The third-order valence-corrected chi connectivity index (χ3v) is 19.3. The van der Waals surface area contributed by atoms with E-state index in [1.165, 1.54) is 0 Å². The quantitative estimate of drug-likeness (QED) is 0.367. The summed E-state index contributed by atoms with van der Waals surface area (Å²) >= 11 is 0. The topological polar surface area (TPSA) is 49.9 Å². The van der Waals surface area contributed by atoms with Crippen LogP contribution in [-0.2, 0) is 16.1 Å². The molecular weight excluding hydrogens is 432 g/mol. The van der Waals surface area contributed by atoms with Crippen LogP contribution in [0, 0.1) is 0 Å². The molecule has 3 amide bonds. The van der Waals surface area contributed by atoms with Gasteiger partial charge in [0.2, 0.25) is 5.91 Å². The van der Waals surface area contributed by atoms with E-state index in [1.54, 1.807) is 4.57 Å². The minimum atomic E-state index is -2.37. The van der Waals surface area contributed by atoms with E-state index < -0.39 is 22.0 Å². The van der Waals surface area contributed by atoms with Crippen molar-refractivity contribution in [2.24, 2.45) is 0 Å². The highest BCUT2D eigenvalue weighted by Crippen LogP contribution is 2.55. The molecule has 1 aliphatic heterocycles. The molecule has 1 heterocycles. The molecule has 32 heavy (non-hydrogen) atoms. The number of carbonyl (C=O) groups is 2. The summed E-state index contributed by atoms with van der Waals surface area (Å²) in [6.07, 6.45) is 1.20. The summed E-state index contributed by atoms with van der Waals surface area (Å²) in [5, 5.41) is -0.148. The molecule has 1 aromatic rings. The minimum Gasteiger partial charge on any atom is -0.373 e. The number of hydrogen-bond donors (Lipinski definition) is 0. The number of rotatable bonds is 5. The van der Waals surface area contributed by atoms with Crippen molar-refractivity contribution in [3.8, 4) is 0 Å². The smallest absolute Gasteiger partial charge is 0.311 e. The summed E-state index contributed by atoms with van der Waals surface area (Å²) in [5.41, 5.74) is 0.392. The van der Waals surface area contributed by atoms with E-state index in [1.807, 2.05) is 18.2 Å². The van der Waals surface area contributed by atoms with Gasteiger partial charge in [0, 0.05) is 12.8 Å². The van der Waals surface area contributed by atoms with E-state index >= 15 is 0 Å². The molecule has 2 aliphatic rings. The van der Waals surface area contributed by atoms with Gasteiger partial charge in [-0.1, -0.05) is 98.1 Å². The van der Waals surface area contributed by atoms with Gasteiger partial charge < -0.3 is 9.30 Å². The second-order valence-corrected chi connectivity index (χ2v) is 22.9. The lowest BCUT2D eigenvalue weighted by Gasteiger charge is -2.55.